The van der Waals surface area contributed by atoms with Crippen LogP contribution < -0.4 is 10.2 Å². The van der Waals surface area contributed by atoms with Gasteiger partial charge in [-0.2, -0.15) is 0 Å². The molecule has 26 heavy (non-hydrogen) atoms. The van der Waals surface area contributed by atoms with Crippen LogP contribution in [0.1, 0.15) is 36.0 Å². The number of likely N-dealkylation sites (N-methyl/N-ethyl adjacent to an activating group) is 1. The number of carbonyl (C=O) groups is 4. The Kier molecular flexibility index (Phi) is 3.71. The van der Waals surface area contributed by atoms with E-state index in [0.717, 1.165) is 12.8 Å². The fourth-order valence-corrected chi connectivity index (χ4v) is 3.83. The van der Waals surface area contributed by atoms with Gasteiger partial charge in [0.15, 0.2) is 6.61 Å². The van der Waals surface area contributed by atoms with Crippen LogP contribution in [0.25, 0.3) is 0 Å². The van der Waals surface area contributed by atoms with Crippen molar-refractivity contribution in [1.29, 1.82) is 0 Å². The minimum atomic E-state index is -1.50. The Morgan fingerprint density at radius 3 is 2.69 bits per heavy atom. The maximum Gasteiger partial charge on any atom is 0.354 e. The Labute approximate surface area is 150 Å². The van der Waals surface area contributed by atoms with Crippen molar-refractivity contribution in [2.24, 2.45) is 0 Å². The van der Waals surface area contributed by atoms with Crippen molar-refractivity contribution < 1.29 is 23.9 Å². The standard InChI is InChI=1S/C18H19N3O5/c1-19-14(22)10-26-17(25)18-9-8-15(23)21(18)13-5-3-2-4-12(13)16(24)20(18)11-6-7-11/h2-5,11H,6-10H2,1H3,(H,19,22)/t18-/m1/s1. The van der Waals surface area contributed by atoms with Crippen LogP contribution in [0.15, 0.2) is 24.3 Å². The first-order valence-electron chi connectivity index (χ1n) is 8.64. The zero-order chi connectivity index (χ0) is 18.5. The molecule has 1 aromatic carbocycles. The lowest BCUT2D eigenvalue weighted by atomic mass is 9.96. The van der Waals surface area contributed by atoms with Gasteiger partial charge in [0.05, 0.1) is 11.3 Å². The van der Waals surface area contributed by atoms with Crippen LogP contribution in [0.4, 0.5) is 5.69 Å². The average molecular weight is 357 g/mol. The topological polar surface area (TPSA) is 96.0 Å². The summed E-state index contributed by atoms with van der Waals surface area (Å²) in [7, 11) is 1.44. The molecule has 0 bridgehead atoms. The van der Waals surface area contributed by atoms with Crippen LogP contribution in [0.5, 0.6) is 0 Å². The van der Waals surface area contributed by atoms with Gasteiger partial charge in [-0.3, -0.25) is 19.3 Å². The molecule has 2 heterocycles. The summed E-state index contributed by atoms with van der Waals surface area (Å²) in [5, 5.41) is 2.38. The number of nitrogens with zero attached hydrogens (tertiary/aromatic N) is 2. The number of anilines is 1. The molecule has 1 aliphatic carbocycles. The van der Waals surface area contributed by atoms with E-state index in [1.165, 1.54) is 16.8 Å². The summed E-state index contributed by atoms with van der Waals surface area (Å²) >= 11 is 0. The van der Waals surface area contributed by atoms with Crippen LogP contribution in [0.3, 0.4) is 0 Å². The molecule has 0 aromatic heterocycles. The Morgan fingerprint density at radius 2 is 2.00 bits per heavy atom. The Bertz CT molecular complexity index is 819. The second-order valence-corrected chi connectivity index (χ2v) is 6.72. The molecule has 0 unspecified atom stereocenters. The van der Waals surface area contributed by atoms with Gasteiger partial charge in [0.1, 0.15) is 0 Å². The third-order valence-electron chi connectivity index (χ3n) is 5.15. The van der Waals surface area contributed by atoms with Crippen molar-refractivity contribution in [3.63, 3.8) is 0 Å². The van der Waals surface area contributed by atoms with E-state index < -0.39 is 24.1 Å². The maximum atomic E-state index is 13.2. The Hall–Kier alpha value is -2.90. The molecule has 1 saturated heterocycles. The summed E-state index contributed by atoms with van der Waals surface area (Å²) in [5.74, 6) is -1.69. The number of para-hydroxylation sites is 1. The molecule has 1 N–H and O–H groups in total. The van der Waals surface area contributed by atoms with Gasteiger partial charge in [-0.05, 0) is 25.0 Å². The Morgan fingerprint density at radius 1 is 1.27 bits per heavy atom. The summed E-state index contributed by atoms with van der Waals surface area (Å²) in [6.45, 7) is -0.451. The average Bonchev–Trinajstić information content (AvgIpc) is 3.42. The molecule has 3 amide bonds. The minimum Gasteiger partial charge on any atom is -0.452 e. The van der Waals surface area contributed by atoms with E-state index in [1.807, 2.05) is 0 Å². The van der Waals surface area contributed by atoms with Gasteiger partial charge in [-0.25, -0.2) is 4.79 Å². The van der Waals surface area contributed by atoms with Crippen molar-refractivity contribution in [2.45, 2.75) is 37.4 Å². The smallest absolute Gasteiger partial charge is 0.354 e. The second kappa shape index (κ2) is 5.82. The van der Waals surface area contributed by atoms with Gasteiger partial charge in [0.25, 0.3) is 11.8 Å². The molecule has 8 heteroatoms. The predicted octanol–water partition coefficient (Wildman–Crippen LogP) is 0.417. The molecule has 3 aliphatic rings. The van der Waals surface area contributed by atoms with Gasteiger partial charge in [-0.15, -0.1) is 0 Å². The lowest BCUT2D eigenvalue weighted by molar-refractivity contribution is -0.160. The summed E-state index contributed by atoms with van der Waals surface area (Å²) in [6, 6.07) is 6.70. The van der Waals surface area contributed by atoms with E-state index in [9.17, 15) is 19.2 Å². The third-order valence-corrected chi connectivity index (χ3v) is 5.15. The second-order valence-electron chi connectivity index (χ2n) is 6.72. The van der Waals surface area contributed by atoms with E-state index in [0.29, 0.717) is 11.3 Å². The van der Waals surface area contributed by atoms with Crippen molar-refractivity contribution in [1.82, 2.24) is 10.2 Å². The number of fused-ring (bicyclic) bond motifs is 3. The summed E-state index contributed by atoms with van der Waals surface area (Å²) in [6.07, 6.45) is 1.86. The highest BCUT2D eigenvalue weighted by atomic mass is 16.5. The molecule has 2 aliphatic heterocycles. The SMILES string of the molecule is CNC(=O)COC(=O)[C@@]12CCC(=O)N1c1ccccc1C(=O)N2C1CC1. The van der Waals surface area contributed by atoms with Gasteiger partial charge in [0, 0.05) is 25.9 Å². The number of hydrogen-bond acceptors (Lipinski definition) is 5. The summed E-state index contributed by atoms with van der Waals surface area (Å²) in [4.78, 5) is 53.3. The van der Waals surface area contributed by atoms with Crippen LogP contribution in [-0.4, -0.2) is 54.0 Å². The zero-order valence-electron chi connectivity index (χ0n) is 14.4. The normalized spacial score (nSPS) is 24.2. The maximum absolute atomic E-state index is 13.2. The quantitative estimate of drug-likeness (QED) is 0.788. The number of carbonyl (C=O) groups excluding carboxylic acids is 4. The number of nitrogens with one attached hydrogen (secondary N) is 1. The predicted molar refractivity (Wildman–Crippen MR) is 90.1 cm³/mol. The first kappa shape index (κ1) is 16.6. The lowest BCUT2D eigenvalue weighted by Gasteiger charge is -2.48. The van der Waals surface area contributed by atoms with E-state index in [1.54, 1.807) is 24.3 Å². The van der Waals surface area contributed by atoms with E-state index in [-0.39, 0.29) is 30.7 Å². The highest BCUT2D eigenvalue weighted by Crippen LogP contribution is 2.49. The van der Waals surface area contributed by atoms with Crippen LogP contribution >= 0.6 is 0 Å². The van der Waals surface area contributed by atoms with Gasteiger partial charge < -0.3 is 15.0 Å². The van der Waals surface area contributed by atoms with Gasteiger partial charge >= 0.3 is 5.97 Å². The molecular formula is C18H19N3O5. The first-order chi connectivity index (χ1) is 12.5. The largest absolute Gasteiger partial charge is 0.452 e. The van der Waals surface area contributed by atoms with E-state index >= 15 is 0 Å². The van der Waals surface area contributed by atoms with Crippen molar-refractivity contribution in [3.05, 3.63) is 29.8 Å². The number of benzene rings is 1. The lowest BCUT2D eigenvalue weighted by Crippen LogP contribution is -2.69. The van der Waals surface area contributed by atoms with Gasteiger partial charge in [-0.1, -0.05) is 12.1 Å². The van der Waals surface area contributed by atoms with E-state index in [2.05, 4.69) is 5.32 Å². The summed E-state index contributed by atoms with van der Waals surface area (Å²) in [5.41, 5.74) is -0.671. The van der Waals surface area contributed by atoms with Crippen molar-refractivity contribution in [2.75, 3.05) is 18.6 Å². The fourth-order valence-electron chi connectivity index (χ4n) is 3.83. The van der Waals surface area contributed by atoms with Crippen LogP contribution in [-0.2, 0) is 19.1 Å². The fraction of sp³-hybridized carbons (Fsp3) is 0.444. The molecular weight excluding hydrogens is 338 g/mol. The van der Waals surface area contributed by atoms with Crippen LogP contribution in [0.2, 0.25) is 0 Å². The molecule has 0 radical (unpaired) electrons. The molecule has 1 aromatic rings. The first-order valence-corrected chi connectivity index (χ1v) is 8.64. The molecule has 136 valence electrons. The van der Waals surface area contributed by atoms with Gasteiger partial charge in [0.2, 0.25) is 11.6 Å². The number of ether oxygens (including phenoxy) is 1. The third kappa shape index (κ3) is 2.21. The summed E-state index contributed by atoms with van der Waals surface area (Å²) < 4.78 is 5.22. The number of rotatable bonds is 4. The van der Waals surface area contributed by atoms with E-state index in [4.69, 9.17) is 4.74 Å². The molecule has 4 rings (SSSR count). The molecule has 1 saturated carbocycles. The molecule has 1 atom stereocenters. The zero-order valence-corrected chi connectivity index (χ0v) is 14.4. The highest BCUT2D eigenvalue weighted by molar-refractivity contribution is 6.15. The molecule has 0 spiro atoms. The minimum absolute atomic E-state index is 0.100. The highest BCUT2D eigenvalue weighted by Gasteiger charge is 2.64. The van der Waals surface area contributed by atoms with Crippen molar-refractivity contribution in [3.8, 4) is 0 Å². The number of esters is 1. The number of hydrogen-bond donors (Lipinski definition) is 1. The molecule has 2 fully saturated rings. The van der Waals surface area contributed by atoms with Crippen LogP contribution in [0, 0.1) is 0 Å². The Balaban J connectivity index is 1.81. The molecule has 8 nitrogen and oxygen atoms in total. The monoisotopic (exact) mass is 357 g/mol. The van der Waals surface area contributed by atoms with Crippen molar-refractivity contribution >= 4 is 29.4 Å². The number of amides is 3.